The second-order valence-electron chi connectivity index (χ2n) is 6.14. The molecule has 8 heteroatoms. The number of pyridine rings is 1. The van der Waals surface area contributed by atoms with Crippen molar-refractivity contribution in [2.75, 3.05) is 5.75 Å². The molecule has 0 bridgehead atoms. The summed E-state index contributed by atoms with van der Waals surface area (Å²) in [4.78, 5) is 27.9. The first kappa shape index (κ1) is 17.5. The fourth-order valence-corrected chi connectivity index (χ4v) is 5.64. The third-order valence-corrected chi connectivity index (χ3v) is 7.38. The van der Waals surface area contributed by atoms with Crippen LogP contribution >= 0.6 is 34.4 Å². The predicted molar refractivity (Wildman–Crippen MR) is 117 cm³/mol. The highest BCUT2D eigenvalue weighted by molar-refractivity contribution is 8.00. The van der Waals surface area contributed by atoms with Crippen LogP contribution in [0, 0.1) is 0 Å². The first-order valence-electron chi connectivity index (χ1n) is 8.63. The fourth-order valence-electron chi connectivity index (χ4n) is 2.97. The number of hydrogen-bond donors (Lipinski definition) is 1. The van der Waals surface area contributed by atoms with E-state index in [1.165, 1.54) is 11.8 Å². The molecule has 5 rings (SSSR count). The van der Waals surface area contributed by atoms with Crippen LogP contribution in [0.2, 0.25) is 0 Å². The first-order valence-corrected chi connectivity index (χ1v) is 11.3. The highest BCUT2D eigenvalue weighted by atomic mass is 32.2. The quantitative estimate of drug-likeness (QED) is 0.323. The van der Waals surface area contributed by atoms with Gasteiger partial charge in [-0.05, 0) is 23.6 Å². The number of nitrogens with one attached hydrogen (secondary N) is 1. The molecule has 0 unspecified atom stereocenters. The Morgan fingerprint density at radius 2 is 2.07 bits per heavy atom. The van der Waals surface area contributed by atoms with Crippen molar-refractivity contribution in [1.82, 2.24) is 20.3 Å². The van der Waals surface area contributed by atoms with E-state index in [4.69, 9.17) is 4.98 Å². The van der Waals surface area contributed by atoms with Crippen molar-refractivity contribution in [3.8, 4) is 0 Å². The van der Waals surface area contributed by atoms with Gasteiger partial charge in [0.1, 0.15) is 16.2 Å². The molecule has 28 heavy (non-hydrogen) atoms. The van der Waals surface area contributed by atoms with Gasteiger partial charge in [-0.3, -0.25) is 4.79 Å². The number of fused-ring (bicyclic) bond motifs is 4. The topological polar surface area (TPSA) is 67.8 Å². The van der Waals surface area contributed by atoms with Gasteiger partial charge in [0.05, 0.1) is 28.0 Å². The van der Waals surface area contributed by atoms with Crippen LogP contribution in [0.25, 0.3) is 31.3 Å². The summed E-state index contributed by atoms with van der Waals surface area (Å²) in [5.74, 6) is 0.316. The van der Waals surface area contributed by atoms with Crippen LogP contribution in [0.4, 0.5) is 0 Å². The maximum Gasteiger partial charge on any atom is 0.230 e. The molecule has 0 saturated heterocycles. The van der Waals surface area contributed by atoms with Crippen LogP contribution in [0.3, 0.4) is 0 Å². The van der Waals surface area contributed by atoms with Gasteiger partial charge >= 0.3 is 0 Å². The maximum absolute atomic E-state index is 12.2. The Bertz CT molecular complexity index is 1300. The minimum Gasteiger partial charge on any atom is -0.350 e. The van der Waals surface area contributed by atoms with Gasteiger partial charge in [0.15, 0.2) is 0 Å². The number of carbonyl (C=O) groups excluding carboxylic acids is 1. The lowest BCUT2D eigenvalue weighted by atomic mass is 10.2. The molecule has 0 fully saturated rings. The Kier molecular flexibility index (Phi) is 4.67. The van der Waals surface area contributed by atoms with Gasteiger partial charge in [-0.25, -0.2) is 15.0 Å². The van der Waals surface area contributed by atoms with Crippen LogP contribution in [0.1, 0.15) is 4.88 Å². The number of carbonyl (C=O) groups is 1. The SMILES string of the molecule is O=C(CSc1ncnc2c1sc1nc3ccccc3cc12)NCc1cccs1. The summed E-state index contributed by atoms with van der Waals surface area (Å²) >= 11 is 4.65. The molecule has 0 radical (unpaired) electrons. The third kappa shape index (κ3) is 3.34. The Morgan fingerprint density at radius 3 is 2.96 bits per heavy atom. The standard InChI is InChI=1S/C20H14N4OS3/c25-16(21-9-13-5-3-7-26-13)10-27-20-18-17(22-11-23-20)14-8-12-4-1-2-6-15(12)24-19(14)28-18/h1-8,11H,9-10H2,(H,21,25). The number of para-hydroxylation sites is 1. The van der Waals surface area contributed by atoms with E-state index in [0.717, 1.165) is 41.2 Å². The van der Waals surface area contributed by atoms with Crippen molar-refractivity contribution in [3.63, 3.8) is 0 Å². The van der Waals surface area contributed by atoms with Crippen molar-refractivity contribution in [3.05, 3.63) is 59.0 Å². The Labute approximate surface area is 172 Å². The lowest BCUT2D eigenvalue weighted by Crippen LogP contribution is -2.24. The number of amides is 1. The second kappa shape index (κ2) is 7.46. The minimum absolute atomic E-state index is 0.00450. The number of hydrogen-bond acceptors (Lipinski definition) is 7. The van der Waals surface area contributed by atoms with E-state index in [9.17, 15) is 4.79 Å². The molecule has 138 valence electrons. The highest BCUT2D eigenvalue weighted by Gasteiger charge is 2.14. The fraction of sp³-hybridized carbons (Fsp3) is 0.100. The van der Waals surface area contributed by atoms with Crippen LogP contribution in [0.5, 0.6) is 0 Å². The third-order valence-electron chi connectivity index (χ3n) is 4.29. The van der Waals surface area contributed by atoms with Gasteiger partial charge in [-0.15, -0.1) is 22.7 Å². The smallest absolute Gasteiger partial charge is 0.230 e. The molecule has 1 aromatic carbocycles. The molecular formula is C20H14N4OS3. The Morgan fingerprint density at radius 1 is 1.14 bits per heavy atom. The summed E-state index contributed by atoms with van der Waals surface area (Å²) in [5, 5.41) is 7.90. The molecule has 4 aromatic heterocycles. The number of thioether (sulfide) groups is 1. The van der Waals surface area contributed by atoms with Crippen LogP contribution in [0.15, 0.2) is 59.2 Å². The maximum atomic E-state index is 12.2. The van der Waals surface area contributed by atoms with Gasteiger partial charge in [0.25, 0.3) is 0 Å². The minimum atomic E-state index is -0.00450. The molecule has 0 aliphatic heterocycles. The summed E-state index contributed by atoms with van der Waals surface area (Å²) in [5.41, 5.74) is 1.87. The molecule has 1 amide bonds. The molecule has 5 aromatic rings. The van der Waals surface area contributed by atoms with E-state index < -0.39 is 0 Å². The summed E-state index contributed by atoms with van der Waals surface area (Å²) in [6, 6.07) is 14.2. The largest absolute Gasteiger partial charge is 0.350 e. The molecule has 0 aliphatic carbocycles. The Balaban J connectivity index is 1.41. The normalized spacial score (nSPS) is 11.4. The molecule has 0 atom stereocenters. The van der Waals surface area contributed by atoms with Crippen LogP contribution in [-0.2, 0) is 11.3 Å². The van der Waals surface area contributed by atoms with Crippen molar-refractivity contribution >= 4 is 71.7 Å². The predicted octanol–water partition coefficient (Wildman–Crippen LogP) is 4.86. The van der Waals surface area contributed by atoms with E-state index in [1.54, 1.807) is 29.0 Å². The molecule has 0 spiro atoms. The number of rotatable bonds is 5. The monoisotopic (exact) mass is 422 g/mol. The second-order valence-corrected chi connectivity index (χ2v) is 9.13. The molecule has 1 N–H and O–H groups in total. The Hall–Kier alpha value is -2.55. The number of aromatic nitrogens is 3. The van der Waals surface area contributed by atoms with Crippen molar-refractivity contribution < 1.29 is 4.79 Å². The van der Waals surface area contributed by atoms with E-state index in [2.05, 4.69) is 27.4 Å². The lowest BCUT2D eigenvalue weighted by Gasteiger charge is -2.04. The highest BCUT2D eigenvalue weighted by Crippen LogP contribution is 2.37. The zero-order valence-corrected chi connectivity index (χ0v) is 17.0. The van der Waals surface area contributed by atoms with E-state index in [0.29, 0.717) is 12.3 Å². The van der Waals surface area contributed by atoms with Crippen molar-refractivity contribution in [2.45, 2.75) is 11.6 Å². The van der Waals surface area contributed by atoms with Gasteiger partial charge < -0.3 is 5.32 Å². The van der Waals surface area contributed by atoms with Gasteiger partial charge in [0.2, 0.25) is 5.91 Å². The van der Waals surface area contributed by atoms with Crippen LogP contribution in [-0.4, -0.2) is 26.6 Å². The summed E-state index contributed by atoms with van der Waals surface area (Å²) in [6.07, 6.45) is 1.57. The first-order chi connectivity index (χ1) is 13.8. The molecule has 5 nitrogen and oxygen atoms in total. The average molecular weight is 423 g/mol. The lowest BCUT2D eigenvalue weighted by molar-refractivity contribution is -0.118. The molecule has 4 heterocycles. The van der Waals surface area contributed by atoms with Gasteiger partial charge in [-0.1, -0.05) is 36.0 Å². The number of benzene rings is 1. The van der Waals surface area contributed by atoms with E-state index in [1.807, 2.05) is 35.7 Å². The molecular weight excluding hydrogens is 408 g/mol. The summed E-state index contributed by atoms with van der Waals surface area (Å²) in [6.45, 7) is 0.565. The zero-order chi connectivity index (χ0) is 18.9. The zero-order valence-electron chi connectivity index (χ0n) is 14.6. The van der Waals surface area contributed by atoms with Gasteiger partial charge in [-0.2, -0.15) is 0 Å². The van der Waals surface area contributed by atoms with E-state index in [-0.39, 0.29) is 5.91 Å². The molecule has 0 saturated carbocycles. The number of nitrogens with zero attached hydrogens (tertiary/aromatic N) is 3. The van der Waals surface area contributed by atoms with Gasteiger partial charge in [0, 0.05) is 15.6 Å². The summed E-state index contributed by atoms with van der Waals surface area (Å²) < 4.78 is 0.983. The average Bonchev–Trinajstić information content (AvgIpc) is 3.36. The van der Waals surface area contributed by atoms with Crippen LogP contribution < -0.4 is 5.32 Å². The van der Waals surface area contributed by atoms with Crippen molar-refractivity contribution in [2.24, 2.45) is 0 Å². The van der Waals surface area contributed by atoms with Crippen molar-refractivity contribution in [1.29, 1.82) is 0 Å². The van der Waals surface area contributed by atoms with E-state index >= 15 is 0 Å². The summed E-state index contributed by atoms with van der Waals surface area (Å²) in [7, 11) is 0. The molecule has 0 aliphatic rings. The number of thiophene rings is 2.